The fourth-order valence-corrected chi connectivity index (χ4v) is 5.59. The van der Waals surface area contributed by atoms with Crippen LogP contribution in [-0.4, -0.2) is 43.0 Å². The van der Waals surface area contributed by atoms with Crippen LogP contribution in [0.3, 0.4) is 0 Å². The van der Waals surface area contributed by atoms with E-state index in [1.165, 1.54) is 17.3 Å². The van der Waals surface area contributed by atoms with Crippen molar-refractivity contribution in [3.05, 3.63) is 53.6 Å². The van der Waals surface area contributed by atoms with Crippen molar-refractivity contribution < 1.29 is 18.0 Å². The second kappa shape index (κ2) is 11.5. The van der Waals surface area contributed by atoms with E-state index in [2.05, 4.69) is 55.3 Å². The number of benzene rings is 2. The summed E-state index contributed by atoms with van der Waals surface area (Å²) in [5.41, 5.74) is 7.58. The van der Waals surface area contributed by atoms with E-state index < -0.39 is 11.7 Å². The van der Waals surface area contributed by atoms with Crippen LogP contribution in [0.5, 0.6) is 0 Å². The topological polar surface area (TPSA) is 61.6 Å². The molecule has 1 amide bonds. The van der Waals surface area contributed by atoms with Crippen molar-refractivity contribution in [3.8, 4) is 0 Å². The molecule has 2 fully saturated rings. The molecule has 1 aliphatic carbocycles. The molecule has 0 bridgehead atoms. The van der Waals surface area contributed by atoms with Crippen molar-refractivity contribution in [1.82, 2.24) is 4.90 Å². The summed E-state index contributed by atoms with van der Waals surface area (Å²) in [7, 11) is 0. The van der Waals surface area contributed by atoms with Gasteiger partial charge in [0, 0.05) is 55.7 Å². The molecule has 0 atom stereocenters. The quantitative estimate of drug-likeness (QED) is 0.409. The molecule has 1 heterocycles. The molecular weight excluding hydrogens is 489 g/mol. The molecular formula is C30H41F3N4O. The molecule has 3 N–H and O–H groups in total. The van der Waals surface area contributed by atoms with Gasteiger partial charge in [-0.05, 0) is 79.3 Å². The second-order valence-corrected chi connectivity index (χ2v) is 11.9. The SMILES string of the molecule is CC(C)(C)c1ccc(N2CCN(C(=O)CCC3CCC(Nc4ccc(N)c(C(F)(F)F)c4)CC3)CC2)cc1. The summed E-state index contributed by atoms with van der Waals surface area (Å²) in [6, 6.07) is 12.9. The molecule has 0 unspecified atom stereocenters. The number of nitrogens with zero attached hydrogens (tertiary/aromatic N) is 2. The molecule has 2 aromatic carbocycles. The number of alkyl halides is 3. The second-order valence-electron chi connectivity index (χ2n) is 11.9. The molecule has 8 heteroatoms. The lowest BCUT2D eigenvalue weighted by Crippen LogP contribution is -2.48. The Balaban J connectivity index is 1.17. The fraction of sp³-hybridized carbons (Fsp3) is 0.567. The zero-order chi connectivity index (χ0) is 27.5. The maximum atomic E-state index is 13.1. The number of piperazine rings is 1. The predicted octanol–water partition coefficient (Wildman–Crippen LogP) is 6.68. The van der Waals surface area contributed by atoms with Gasteiger partial charge in [-0.3, -0.25) is 4.79 Å². The van der Waals surface area contributed by atoms with Gasteiger partial charge in [-0.25, -0.2) is 0 Å². The third-order valence-corrected chi connectivity index (χ3v) is 8.07. The molecule has 4 rings (SSSR count). The molecule has 0 radical (unpaired) electrons. The van der Waals surface area contributed by atoms with Gasteiger partial charge in [-0.2, -0.15) is 13.2 Å². The summed E-state index contributed by atoms with van der Waals surface area (Å²) in [5, 5.41) is 3.25. The first-order valence-corrected chi connectivity index (χ1v) is 13.8. The fourth-order valence-electron chi connectivity index (χ4n) is 5.59. The van der Waals surface area contributed by atoms with Crippen LogP contribution in [0.2, 0.25) is 0 Å². The molecule has 1 saturated heterocycles. The zero-order valence-corrected chi connectivity index (χ0v) is 22.8. The summed E-state index contributed by atoms with van der Waals surface area (Å²) in [6.45, 7) is 9.83. The van der Waals surface area contributed by atoms with E-state index in [1.54, 1.807) is 6.07 Å². The van der Waals surface area contributed by atoms with Crippen molar-refractivity contribution in [1.29, 1.82) is 0 Å². The normalized spacial score (nSPS) is 20.9. The number of carbonyl (C=O) groups is 1. The Morgan fingerprint density at radius 2 is 1.58 bits per heavy atom. The summed E-state index contributed by atoms with van der Waals surface area (Å²) in [6.07, 6.45) is 0.704. The van der Waals surface area contributed by atoms with Crippen LogP contribution in [0.1, 0.15) is 70.4 Å². The summed E-state index contributed by atoms with van der Waals surface area (Å²) in [5.74, 6) is 0.714. The van der Waals surface area contributed by atoms with E-state index >= 15 is 0 Å². The Morgan fingerprint density at radius 1 is 0.947 bits per heavy atom. The van der Waals surface area contributed by atoms with Gasteiger partial charge in [0.2, 0.25) is 5.91 Å². The maximum absolute atomic E-state index is 13.1. The van der Waals surface area contributed by atoms with E-state index in [0.29, 0.717) is 18.0 Å². The number of halogens is 3. The van der Waals surface area contributed by atoms with Crippen LogP contribution in [0.25, 0.3) is 0 Å². The number of amides is 1. The van der Waals surface area contributed by atoms with E-state index in [-0.39, 0.29) is 23.1 Å². The molecule has 5 nitrogen and oxygen atoms in total. The van der Waals surface area contributed by atoms with Gasteiger partial charge < -0.3 is 20.9 Å². The van der Waals surface area contributed by atoms with Crippen LogP contribution in [0.4, 0.5) is 30.2 Å². The van der Waals surface area contributed by atoms with Gasteiger partial charge in [0.15, 0.2) is 0 Å². The molecule has 38 heavy (non-hydrogen) atoms. The smallest absolute Gasteiger partial charge is 0.398 e. The number of carbonyl (C=O) groups excluding carboxylic acids is 1. The largest absolute Gasteiger partial charge is 0.418 e. The van der Waals surface area contributed by atoms with Crippen molar-refractivity contribution in [2.45, 2.75) is 76.9 Å². The zero-order valence-electron chi connectivity index (χ0n) is 22.8. The molecule has 208 valence electrons. The minimum Gasteiger partial charge on any atom is -0.398 e. The first-order chi connectivity index (χ1) is 17.9. The van der Waals surface area contributed by atoms with Gasteiger partial charge in [-0.1, -0.05) is 32.9 Å². The molecule has 1 saturated carbocycles. The van der Waals surface area contributed by atoms with Gasteiger partial charge in [0.25, 0.3) is 0 Å². The Kier molecular flexibility index (Phi) is 8.48. The molecule has 1 aliphatic heterocycles. The van der Waals surface area contributed by atoms with Crippen LogP contribution in [-0.2, 0) is 16.4 Å². The van der Waals surface area contributed by atoms with Crippen LogP contribution in [0.15, 0.2) is 42.5 Å². The van der Waals surface area contributed by atoms with Crippen molar-refractivity contribution >= 4 is 23.0 Å². The lowest BCUT2D eigenvalue weighted by atomic mass is 9.83. The molecule has 2 aromatic rings. The standard InChI is InChI=1S/C30H41F3N4O/c1-29(2,3)22-7-12-25(13-8-22)36-16-18-37(19-17-36)28(38)15-6-21-4-9-23(10-5-21)35-24-11-14-27(34)26(20-24)30(31,32)33/h7-8,11-14,20-21,23,35H,4-6,9-10,15-19,34H2,1-3H3. The van der Waals surface area contributed by atoms with E-state index in [4.69, 9.17) is 5.73 Å². The first-order valence-electron chi connectivity index (χ1n) is 13.8. The third kappa shape index (κ3) is 7.14. The van der Waals surface area contributed by atoms with Crippen LogP contribution in [0, 0.1) is 5.92 Å². The highest BCUT2D eigenvalue weighted by atomic mass is 19.4. The highest BCUT2D eigenvalue weighted by molar-refractivity contribution is 5.76. The van der Waals surface area contributed by atoms with Crippen molar-refractivity contribution in [2.75, 3.05) is 42.1 Å². The first kappa shape index (κ1) is 28.1. The number of nitrogen functional groups attached to an aromatic ring is 1. The lowest BCUT2D eigenvalue weighted by Gasteiger charge is -2.37. The Bertz CT molecular complexity index is 1080. The highest BCUT2D eigenvalue weighted by Gasteiger charge is 2.33. The monoisotopic (exact) mass is 530 g/mol. The number of hydrogen-bond donors (Lipinski definition) is 2. The summed E-state index contributed by atoms with van der Waals surface area (Å²) >= 11 is 0. The molecule has 2 aliphatic rings. The van der Waals surface area contributed by atoms with Gasteiger partial charge in [0.05, 0.1) is 5.56 Å². The Hall–Kier alpha value is -2.90. The molecule has 0 spiro atoms. The number of nitrogens with two attached hydrogens (primary N) is 1. The number of hydrogen-bond acceptors (Lipinski definition) is 4. The van der Waals surface area contributed by atoms with Gasteiger partial charge >= 0.3 is 6.18 Å². The van der Waals surface area contributed by atoms with Gasteiger partial charge in [-0.15, -0.1) is 0 Å². The number of rotatable bonds is 6. The van der Waals surface area contributed by atoms with Crippen molar-refractivity contribution in [3.63, 3.8) is 0 Å². The summed E-state index contributed by atoms with van der Waals surface area (Å²) in [4.78, 5) is 17.2. The number of nitrogens with one attached hydrogen (secondary N) is 1. The summed E-state index contributed by atoms with van der Waals surface area (Å²) < 4.78 is 39.4. The van der Waals surface area contributed by atoms with Gasteiger partial charge in [0.1, 0.15) is 0 Å². The Morgan fingerprint density at radius 3 is 2.16 bits per heavy atom. The lowest BCUT2D eigenvalue weighted by molar-refractivity contribution is -0.137. The minimum atomic E-state index is -4.46. The molecule has 0 aromatic heterocycles. The highest BCUT2D eigenvalue weighted by Crippen LogP contribution is 2.36. The van der Waals surface area contributed by atoms with Crippen molar-refractivity contribution in [2.24, 2.45) is 5.92 Å². The average molecular weight is 531 g/mol. The van der Waals surface area contributed by atoms with E-state index in [9.17, 15) is 18.0 Å². The average Bonchev–Trinajstić information content (AvgIpc) is 2.88. The third-order valence-electron chi connectivity index (χ3n) is 8.07. The minimum absolute atomic E-state index is 0.136. The predicted molar refractivity (Wildman–Crippen MR) is 148 cm³/mol. The van der Waals surface area contributed by atoms with Crippen LogP contribution < -0.4 is 16.0 Å². The Labute approximate surface area is 224 Å². The van der Waals surface area contributed by atoms with E-state index in [0.717, 1.165) is 64.3 Å². The number of anilines is 3. The van der Waals surface area contributed by atoms with E-state index in [1.807, 2.05) is 4.90 Å². The maximum Gasteiger partial charge on any atom is 0.418 e. The van der Waals surface area contributed by atoms with Crippen LogP contribution >= 0.6 is 0 Å².